The van der Waals surface area contributed by atoms with Crippen molar-refractivity contribution in [2.45, 2.75) is 75.1 Å². The molecule has 0 bridgehead atoms. The van der Waals surface area contributed by atoms with E-state index in [2.05, 4.69) is 10.3 Å². The number of nitrogens with zero attached hydrogens (tertiary/aromatic N) is 5. The minimum Gasteiger partial charge on any atom is -0.345 e. The van der Waals surface area contributed by atoms with Crippen molar-refractivity contribution in [2.75, 3.05) is 26.2 Å². The van der Waals surface area contributed by atoms with Gasteiger partial charge < -0.3 is 15.2 Å². The van der Waals surface area contributed by atoms with Crippen molar-refractivity contribution in [3.05, 3.63) is 44.9 Å². The van der Waals surface area contributed by atoms with Gasteiger partial charge in [0.2, 0.25) is 23.6 Å². The highest BCUT2D eigenvalue weighted by atomic mass is 35.5. The molecule has 2 aromatic heterocycles. The molecule has 254 valence electrons. The van der Waals surface area contributed by atoms with Gasteiger partial charge in [0, 0.05) is 78.1 Å². The number of hydrogen-bond donors (Lipinski definition) is 2. The van der Waals surface area contributed by atoms with Gasteiger partial charge in [-0.1, -0.05) is 18.5 Å². The number of H-pyrrole nitrogens is 1. The molecule has 4 atom stereocenters. The monoisotopic (exact) mass is 715 g/mol. The van der Waals surface area contributed by atoms with Crippen LogP contribution in [0.5, 0.6) is 0 Å². The quantitative estimate of drug-likeness (QED) is 0.347. The van der Waals surface area contributed by atoms with E-state index >= 15 is 0 Å². The van der Waals surface area contributed by atoms with Gasteiger partial charge in [-0.15, -0.1) is 11.3 Å². The van der Waals surface area contributed by atoms with Gasteiger partial charge in [0.05, 0.1) is 30.9 Å². The molecule has 48 heavy (non-hydrogen) atoms. The van der Waals surface area contributed by atoms with Crippen molar-refractivity contribution in [3.8, 4) is 0 Å². The molecular formula is C31H34ClN7O7S2. The third kappa shape index (κ3) is 5.72. The molecule has 3 saturated heterocycles. The first kappa shape index (κ1) is 32.8. The number of rotatable bonds is 7. The molecule has 14 nitrogen and oxygen atoms in total. The Morgan fingerprint density at radius 1 is 0.938 bits per heavy atom. The largest absolute Gasteiger partial charge is 0.345 e. The number of hydrogen-bond acceptors (Lipinski definition) is 10. The van der Waals surface area contributed by atoms with Crippen molar-refractivity contribution in [1.29, 1.82) is 0 Å². The Balaban J connectivity index is 1.30. The third-order valence-electron chi connectivity index (χ3n) is 9.80. The highest BCUT2D eigenvalue weighted by Crippen LogP contribution is 2.34. The molecule has 0 radical (unpaired) electrons. The summed E-state index contributed by atoms with van der Waals surface area (Å²) < 4.78 is 29.7. The molecule has 4 aliphatic rings. The van der Waals surface area contributed by atoms with Crippen molar-refractivity contribution < 1.29 is 32.4 Å². The molecular weight excluding hydrogens is 682 g/mol. The first-order valence-corrected chi connectivity index (χ1v) is 18.5. The summed E-state index contributed by atoms with van der Waals surface area (Å²) >= 11 is 7.38. The van der Waals surface area contributed by atoms with E-state index in [1.165, 1.54) is 26.6 Å². The lowest BCUT2D eigenvalue weighted by atomic mass is 9.95. The van der Waals surface area contributed by atoms with Crippen LogP contribution < -0.4 is 5.32 Å². The maximum Gasteiger partial charge on any atom is 0.283 e. The molecule has 5 amide bonds. The average molecular weight is 716 g/mol. The zero-order valence-corrected chi connectivity index (χ0v) is 28.7. The predicted octanol–water partition coefficient (Wildman–Crippen LogP) is 2.05. The second-order valence-corrected chi connectivity index (χ2v) is 16.2. The van der Waals surface area contributed by atoms with E-state index in [1.54, 1.807) is 18.2 Å². The number of carbonyl (C=O) groups excluding carboxylic acids is 5. The topological polar surface area (TPSA) is 173 Å². The van der Waals surface area contributed by atoms with Gasteiger partial charge >= 0.3 is 0 Å². The predicted molar refractivity (Wildman–Crippen MR) is 175 cm³/mol. The highest BCUT2D eigenvalue weighted by Gasteiger charge is 2.47. The molecule has 4 aliphatic heterocycles. The van der Waals surface area contributed by atoms with Crippen LogP contribution in [0.3, 0.4) is 0 Å². The van der Waals surface area contributed by atoms with Crippen LogP contribution in [0.1, 0.15) is 65.8 Å². The van der Waals surface area contributed by atoms with Crippen LogP contribution in [-0.2, 0) is 35.7 Å². The first-order valence-electron chi connectivity index (χ1n) is 15.8. The van der Waals surface area contributed by atoms with Crippen LogP contribution >= 0.6 is 22.9 Å². The van der Waals surface area contributed by atoms with E-state index in [1.807, 2.05) is 13.8 Å². The van der Waals surface area contributed by atoms with Crippen molar-refractivity contribution in [2.24, 2.45) is 0 Å². The zero-order chi connectivity index (χ0) is 34.1. The maximum absolute atomic E-state index is 14.6. The number of imide groups is 2. The summed E-state index contributed by atoms with van der Waals surface area (Å²) in [7, 11) is -4.25. The molecule has 4 unspecified atom stereocenters. The van der Waals surface area contributed by atoms with Crippen LogP contribution in [0.2, 0.25) is 5.02 Å². The number of piperazine rings is 1. The van der Waals surface area contributed by atoms with Gasteiger partial charge in [-0.3, -0.25) is 33.8 Å². The molecule has 6 heterocycles. The number of benzene rings is 1. The van der Waals surface area contributed by atoms with Crippen LogP contribution in [0.15, 0.2) is 29.3 Å². The Hall–Kier alpha value is -3.70. The lowest BCUT2D eigenvalue weighted by Crippen LogP contribution is -2.66. The van der Waals surface area contributed by atoms with Gasteiger partial charge in [-0.25, -0.2) is 13.4 Å². The number of aromatic nitrogens is 2. The van der Waals surface area contributed by atoms with Gasteiger partial charge in [0.15, 0.2) is 5.01 Å². The molecule has 17 heteroatoms. The number of amides is 5. The maximum atomic E-state index is 14.6. The molecule has 1 aromatic carbocycles. The molecule has 2 N–H and O–H groups in total. The fraction of sp³-hybridized carbons (Fsp3) is 0.484. The van der Waals surface area contributed by atoms with Crippen molar-refractivity contribution >= 4 is 73.4 Å². The molecule has 3 aromatic rings. The molecule has 0 aliphatic carbocycles. The highest BCUT2D eigenvalue weighted by molar-refractivity contribution is 7.89. The van der Waals surface area contributed by atoms with Gasteiger partial charge in [0.1, 0.15) is 5.03 Å². The van der Waals surface area contributed by atoms with Crippen molar-refractivity contribution in [3.63, 3.8) is 0 Å². The molecule has 3 fully saturated rings. The van der Waals surface area contributed by atoms with E-state index in [-0.39, 0.29) is 73.9 Å². The summed E-state index contributed by atoms with van der Waals surface area (Å²) in [4.78, 5) is 78.0. The number of thiazole rings is 1. The number of likely N-dealkylation sites (tertiary alicyclic amines) is 2. The number of fused-ring (bicyclic) bond motifs is 2. The minimum absolute atomic E-state index is 0.0155. The van der Waals surface area contributed by atoms with Crippen LogP contribution in [0, 0.1) is 0 Å². The number of halogens is 1. The summed E-state index contributed by atoms with van der Waals surface area (Å²) in [5, 5.41) is 4.48. The van der Waals surface area contributed by atoms with E-state index < -0.39 is 51.6 Å². The number of sulfonamides is 1. The Labute approximate surface area is 285 Å². The zero-order valence-electron chi connectivity index (χ0n) is 26.3. The second kappa shape index (κ2) is 12.3. The Bertz CT molecular complexity index is 1900. The fourth-order valence-electron chi connectivity index (χ4n) is 6.98. The smallest absolute Gasteiger partial charge is 0.283 e. The van der Waals surface area contributed by atoms with E-state index in [4.69, 9.17) is 16.6 Å². The molecule has 7 rings (SSSR count). The third-order valence-corrected chi connectivity index (χ3v) is 12.8. The number of carbonyl (C=O) groups is 5. The van der Waals surface area contributed by atoms with E-state index in [9.17, 15) is 32.4 Å². The first-order chi connectivity index (χ1) is 22.8. The van der Waals surface area contributed by atoms with E-state index in [0.29, 0.717) is 22.5 Å². The summed E-state index contributed by atoms with van der Waals surface area (Å²) in [6.07, 6.45) is 0.0620. The summed E-state index contributed by atoms with van der Waals surface area (Å²) in [6.45, 7) is 3.59. The van der Waals surface area contributed by atoms with E-state index in [0.717, 1.165) is 20.4 Å². The standard InChI is InChI=1S/C31H34ClN7O7S2/c1-16-17(2)33-11-23-29(16)35-30(47-23)31(44)39-20(14-37-25(40)5-6-26(37)41)12-36(13-21(39)15-38-27(42)7-8-28(38)43)48(45,46)24-10-18-9-19(32)3-4-22(18)34-24/h3-4,9-10,16-17,20-21,33-34H,5-8,11-15H2,1-2H3. The Morgan fingerprint density at radius 3 is 2.10 bits per heavy atom. The normalized spacial score (nSPS) is 25.5. The average Bonchev–Trinajstić information content (AvgIpc) is 3.83. The molecule has 0 saturated carbocycles. The van der Waals surface area contributed by atoms with Gasteiger partial charge in [-0.05, 0) is 31.2 Å². The number of aromatic amines is 1. The van der Waals surface area contributed by atoms with Crippen LogP contribution in [0.25, 0.3) is 10.9 Å². The summed E-state index contributed by atoms with van der Waals surface area (Å²) in [5.74, 6) is -2.15. The van der Waals surface area contributed by atoms with Crippen molar-refractivity contribution in [1.82, 2.24) is 34.3 Å². The minimum atomic E-state index is -4.25. The fourth-order valence-corrected chi connectivity index (χ4v) is 9.75. The van der Waals surface area contributed by atoms with Gasteiger partial charge in [0.25, 0.3) is 15.9 Å². The Morgan fingerprint density at radius 2 is 1.52 bits per heavy atom. The van der Waals surface area contributed by atoms with Crippen LogP contribution in [-0.4, -0.2) is 111 Å². The number of nitrogens with one attached hydrogen (secondary N) is 2. The Kier molecular flexibility index (Phi) is 8.43. The lowest BCUT2D eigenvalue weighted by Gasteiger charge is -2.47. The van der Waals surface area contributed by atoms with Gasteiger partial charge in [-0.2, -0.15) is 4.31 Å². The summed E-state index contributed by atoms with van der Waals surface area (Å²) in [5.41, 5.74) is 1.35. The van der Waals surface area contributed by atoms with Crippen LogP contribution in [0.4, 0.5) is 0 Å². The second-order valence-electron chi connectivity index (χ2n) is 12.8. The summed E-state index contributed by atoms with van der Waals surface area (Å²) in [6, 6.07) is 4.54. The SMILES string of the molecule is CC1NCc2sc(C(=O)N3C(CN4C(=O)CCC4=O)CN(S(=O)(=O)c4cc5cc(Cl)ccc5[nH]4)CC3CN3C(=O)CCC3=O)nc2C1C. The molecule has 0 spiro atoms. The lowest BCUT2D eigenvalue weighted by molar-refractivity contribution is -0.139.